The maximum atomic E-state index is 5.44. The molecule has 0 amide bonds. The average molecular weight is 353 g/mol. The lowest BCUT2D eigenvalue weighted by atomic mass is 10.2. The minimum Gasteiger partial charge on any atom is -0.491 e. The zero-order valence-corrected chi connectivity index (χ0v) is 15.0. The van der Waals surface area contributed by atoms with Gasteiger partial charge in [-0.25, -0.2) is 4.98 Å². The molecule has 1 unspecified atom stereocenters. The number of benzene rings is 1. The van der Waals surface area contributed by atoms with Crippen LogP contribution in [0, 0.1) is 0 Å². The van der Waals surface area contributed by atoms with Gasteiger partial charge >= 0.3 is 0 Å². The molecule has 3 heterocycles. The van der Waals surface area contributed by atoms with Gasteiger partial charge in [0.05, 0.1) is 25.0 Å². The Morgan fingerprint density at radius 1 is 1.27 bits per heavy atom. The zero-order chi connectivity index (χ0) is 17.9. The van der Waals surface area contributed by atoms with Crippen LogP contribution < -0.4 is 20.3 Å². The molecule has 1 aliphatic rings. The third-order valence-corrected chi connectivity index (χ3v) is 4.65. The van der Waals surface area contributed by atoms with Crippen molar-refractivity contribution in [1.82, 2.24) is 25.5 Å². The summed E-state index contributed by atoms with van der Waals surface area (Å²) < 4.78 is 5.44. The first kappa shape index (κ1) is 16.6. The number of aromatic nitrogens is 4. The number of nitrogens with zero attached hydrogens (tertiary/aromatic N) is 4. The molecule has 1 aliphatic heterocycles. The van der Waals surface area contributed by atoms with Crippen molar-refractivity contribution in [2.24, 2.45) is 0 Å². The molecule has 1 fully saturated rings. The lowest BCUT2D eigenvalue weighted by molar-refractivity contribution is 0.413. The first-order valence-electron chi connectivity index (χ1n) is 8.82. The highest BCUT2D eigenvalue weighted by Crippen LogP contribution is 2.28. The van der Waals surface area contributed by atoms with Crippen LogP contribution in [0.4, 0.5) is 17.5 Å². The minimum atomic E-state index is 0.512. The van der Waals surface area contributed by atoms with E-state index >= 15 is 0 Å². The van der Waals surface area contributed by atoms with Crippen molar-refractivity contribution in [3.05, 3.63) is 30.6 Å². The van der Waals surface area contributed by atoms with Crippen molar-refractivity contribution in [2.45, 2.75) is 19.4 Å². The maximum Gasteiger partial charge on any atom is 0.227 e. The van der Waals surface area contributed by atoms with Gasteiger partial charge < -0.3 is 20.3 Å². The molecule has 8 nitrogen and oxygen atoms in total. The van der Waals surface area contributed by atoms with Gasteiger partial charge in [0, 0.05) is 36.7 Å². The van der Waals surface area contributed by atoms with Crippen LogP contribution in [0.5, 0.6) is 5.75 Å². The average Bonchev–Trinajstić information content (AvgIpc) is 3.01. The lowest BCUT2D eigenvalue weighted by Crippen LogP contribution is -2.30. The van der Waals surface area contributed by atoms with Crippen LogP contribution in [0.1, 0.15) is 13.3 Å². The molecular weight excluding hydrogens is 330 g/mol. The van der Waals surface area contributed by atoms with Gasteiger partial charge in [-0.15, -0.1) is 0 Å². The number of fused-ring (bicyclic) bond motifs is 1. The smallest absolute Gasteiger partial charge is 0.227 e. The fourth-order valence-electron chi connectivity index (χ4n) is 3.12. The Bertz CT molecular complexity index is 894. The molecule has 0 aliphatic carbocycles. The zero-order valence-electron chi connectivity index (χ0n) is 15.0. The van der Waals surface area contributed by atoms with Crippen LogP contribution in [0.15, 0.2) is 30.6 Å². The highest BCUT2D eigenvalue weighted by Gasteiger charge is 2.17. The van der Waals surface area contributed by atoms with E-state index in [2.05, 4.69) is 37.6 Å². The highest BCUT2D eigenvalue weighted by molar-refractivity contribution is 5.83. The lowest BCUT2D eigenvalue weighted by Gasteiger charge is -2.21. The Morgan fingerprint density at radius 3 is 3.08 bits per heavy atom. The first-order valence-corrected chi connectivity index (χ1v) is 8.82. The third kappa shape index (κ3) is 3.41. The van der Waals surface area contributed by atoms with E-state index < -0.39 is 0 Å². The molecule has 3 N–H and O–H groups in total. The van der Waals surface area contributed by atoms with Crippen molar-refractivity contribution >= 4 is 28.4 Å². The second-order valence-electron chi connectivity index (χ2n) is 6.51. The molecule has 8 heteroatoms. The minimum absolute atomic E-state index is 0.512. The van der Waals surface area contributed by atoms with E-state index in [1.807, 2.05) is 18.2 Å². The van der Waals surface area contributed by atoms with Crippen LogP contribution >= 0.6 is 0 Å². The summed E-state index contributed by atoms with van der Waals surface area (Å²) in [5.74, 6) is 1.99. The summed E-state index contributed by atoms with van der Waals surface area (Å²) in [6, 6.07) is 6.51. The number of nitrogens with one attached hydrogen (secondary N) is 3. The highest BCUT2D eigenvalue weighted by atomic mass is 16.5. The van der Waals surface area contributed by atoms with Gasteiger partial charge in [-0.1, -0.05) is 0 Å². The summed E-state index contributed by atoms with van der Waals surface area (Å²) in [4.78, 5) is 11.4. The molecule has 2 aromatic heterocycles. The molecule has 0 saturated carbocycles. The van der Waals surface area contributed by atoms with Crippen LogP contribution in [0.3, 0.4) is 0 Å². The van der Waals surface area contributed by atoms with Crippen molar-refractivity contribution in [3.8, 4) is 5.75 Å². The Kier molecular flexibility index (Phi) is 4.57. The Hall–Kier alpha value is -2.87. The maximum absolute atomic E-state index is 5.44. The van der Waals surface area contributed by atoms with Crippen molar-refractivity contribution in [2.75, 3.05) is 37.0 Å². The molecule has 0 radical (unpaired) electrons. The second kappa shape index (κ2) is 7.17. The number of H-pyrrole nitrogens is 1. The van der Waals surface area contributed by atoms with Crippen LogP contribution in [0.2, 0.25) is 0 Å². The monoisotopic (exact) mass is 353 g/mol. The molecule has 136 valence electrons. The van der Waals surface area contributed by atoms with Crippen LogP contribution in [0.25, 0.3) is 10.9 Å². The van der Waals surface area contributed by atoms with Crippen molar-refractivity contribution < 1.29 is 4.74 Å². The number of anilines is 3. The van der Waals surface area contributed by atoms with Gasteiger partial charge in [-0.2, -0.15) is 10.1 Å². The molecule has 1 saturated heterocycles. The summed E-state index contributed by atoms with van der Waals surface area (Å²) in [6.07, 6.45) is 4.59. The summed E-state index contributed by atoms with van der Waals surface area (Å²) in [7, 11) is 1.63. The number of methoxy groups -OCH3 is 1. The SMILES string of the molecule is COc1cnc(N2CCNC(C)CC2)nc1Nc1ccc2[nH]ncc2c1. The predicted octanol–water partition coefficient (Wildman–Crippen LogP) is 2.29. The standard InChI is InChI=1S/C18H23N7O/c1-12-5-7-25(8-6-19-12)18-20-11-16(26-2)17(23-18)22-14-3-4-15-13(9-14)10-21-24-15/h3-4,9-12,19H,5-8H2,1-2H3,(H,21,24)(H,20,22,23). The Balaban J connectivity index is 1.61. The van der Waals surface area contributed by atoms with Gasteiger partial charge in [0.25, 0.3) is 0 Å². The number of ether oxygens (including phenoxy) is 1. The van der Waals surface area contributed by atoms with E-state index in [0.717, 1.165) is 42.6 Å². The van der Waals surface area contributed by atoms with Gasteiger partial charge in [0.2, 0.25) is 5.95 Å². The second-order valence-corrected chi connectivity index (χ2v) is 6.51. The van der Waals surface area contributed by atoms with Gasteiger partial charge in [0.1, 0.15) is 0 Å². The fraction of sp³-hybridized carbons (Fsp3) is 0.389. The van der Waals surface area contributed by atoms with Gasteiger partial charge in [-0.3, -0.25) is 5.10 Å². The molecule has 0 bridgehead atoms. The topological polar surface area (TPSA) is 91.0 Å². The fourth-order valence-corrected chi connectivity index (χ4v) is 3.12. The normalized spacial score (nSPS) is 17.9. The largest absolute Gasteiger partial charge is 0.491 e. The molecule has 4 rings (SSSR count). The van der Waals surface area contributed by atoms with Crippen LogP contribution in [-0.4, -0.2) is 53.0 Å². The molecule has 1 atom stereocenters. The van der Waals surface area contributed by atoms with Crippen molar-refractivity contribution in [1.29, 1.82) is 0 Å². The van der Waals surface area contributed by atoms with E-state index in [1.165, 1.54) is 0 Å². The molecule has 26 heavy (non-hydrogen) atoms. The van der Waals surface area contributed by atoms with Crippen LogP contribution in [-0.2, 0) is 0 Å². The predicted molar refractivity (Wildman–Crippen MR) is 102 cm³/mol. The summed E-state index contributed by atoms with van der Waals surface area (Å²) in [5, 5.41) is 14.9. The Labute approximate surface area is 152 Å². The van der Waals surface area contributed by atoms with E-state index in [0.29, 0.717) is 23.6 Å². The third-order valence-electron chi connectivity index (χ3n) is 4.65. The summed E-state index contributed by atoms with van der Waals surface area (Å²) >= 11 is 0. The van der Waals surface area contributed by atoms with Gasteiger partial charge in [0.15, 0.2) is 11.6 Å². The van der Waals surface area contributed by atoms with E-state index in [-0.39, 0.29) is 0 Å². The number of hydrogen-bond acceptors (Lipinski definition) is 7. The van der Waals surface area contributed by atoms with E-state index in [1.54, 1.807) is 19.5 Å². The summed E-state index contributed by atoms with van der Waals surface area (Å²) in [6.45, 7) is 4.95. The number of aromatic amines is 1. The molecular formula is C18H23N7O. The van der Waals surface area contributed by atoms with Crippen molar-refractivity contribution in [3.63, 3.8) is 0 Å². The van der Waals surface area contributed by atoms with E-state index in [9.17, 15) is 0 Å². The summed E-state index contributed by atoms with van der Waals surface area (Å²) in [5.41, 5.74) is 1.92. The molecule has 0 spiro atoms. The first-order chi connectivity index (χ1) is 12.7. The van der Waals surface area contributed by atoms with Gasteiger partial charge in [-0.05, 0) is 31.5 Å². The number of hydrogen-bond donors (Lipinski definition) is 3. The number of rotatable bonds is 4. The quantitative estimate of drug-likeness (QED) is 0.663. The Morgan fingerprint density at radius 2 is 2.19 bits per heavy atom. The molecule has 3 aromatic rings. The molecule has 1 aromatic carbocycles. The van der Waals surface area contributed by atoms with E-state index in [4.69, 9.17) is 9.72 Å².